The molecule has 1 aromatic rings. The molecule has 3 rings (SSSR count). The van der Waals surface area contributed by atoms with Crippen LogP contribution in [0.1, 0.15) is 24.8 Å². The van der Waals surface area contributed by atoms with E-state index in [1.807, 2.05) is 6.07 Å². The predicted octanol–water partition coefficient (Wildman–Crippen LogP) is 2.81. The van der Waals surface area contributed by atoms with Gasteiger partial charge in [0.15, 0.2) is 0 Å². The first-order valence-electron chi connectivity index (χ1n) is 7.02. The number of halogens is 1. The van der Waals surface area contributed by atoms with Crippen LogP contribution < -0.4 is 0 Å². The lowest BCUT2D eigenvalue weighted by Gasteiger charge is -2.43. The number of nitrogens with zero attached hydrogens (tertiary/aromatic N) is 4. The SMILES string of the molecule is N#CCCN1C2C=CC1CC(C#N)(c1cncc(Cl)c1)C2. The first-order chi connectivity index (χ1) is 10.2. The largest absolute Gasteiger partial charge is 0.289 e. The van der Waals surface area contributed by atoms with Crippen LogP contribution in [-0.2, 0) is 5.41 Å². The van der Waals surface area contributed by atoms with E-state index in [1.165, 1.54) is 0 Å². The average Bonchev–Trinajstić information content (AvgIpc) is 2.74. The van der Waals surface area contributed by atoms with Gasteiger partial charge in [-0.1, -0.05) is 23.8 Å². The summed E-state index contributed by atoms with van der Waals surface area (Å²) in [6.07, 6.45) is 9.64. The lowest BCUT2D eigenvalue weighted by Crippen LogP contribution is -2.50. The molecule has 1 saturated heterocycles. The second kappa shape index (κ2) is 5.48. The molecule has 4 nitrogen and oxygen atoms in total. The minimum Gasteiger partial charge on any atom is -0.289 e. The fourth-order valence-corrected chi connectivity index (χ4v) is 3.64. The van der Waals surface area contributed by atoms with Crippen molar-refractivity contribution >= 4 is 11.6 Å². The maximum absolute atomic E-state index is 9.79. The van der Waals surface area contributed by atoms with Gasteiger partial charge in [-0.25, -0.2) is 0 Å². The van der Waals surface area contributed by atoms with Gasteiger partial charge in [0.05, 0.1) is 22.6 Å². The third-order valence-corrected chi connectivity index (χ3v) is 4.68. The van der Waals surface area contributed by atoms with Crippen LogP contribution in [0.5, 0.6) is 0 Å². The Labute approximate surface area is 129 Å². The van der Waals surface area contributed by atoms with Crippen molar-refractivity contribution in [3.63, 3.8) is 0 Å². The molecule has 21 heavy (non-hydrogen) atoms. The standard InChI is InChI=1S/C16H15ClN4/c17-13-6-12(9-20-10-13)16(11-19)7-14-2-3-15(8-16)21(14)5-1-4-18/h2-3,6,9-10,14-15H,1,5,7-8H2. The van der Waals surface area contributed by atoms with Crippen LogP contribution in [0.25, 0.3) is 0 Å². The molecule has 0 aliphatic carbocycles. The molecule has 1 fully saturated rings. The number of piperidine rings is 1. The molecule has 106 valence electrons. The van der Waals surface area contributed by atoms with Crippen molar-refractivity contribution in [3.8, 4) is 12.1 Å². The Morgan fingerprint density at radius 1 is 1.29 bits per heavy atom. The van der Waals surface area contributed by atoms with Crippen molar-refractivity contribution < 1.29 is 0 Å². The van der Waals surface area contributed by atoms with Crippen LogP contribution in [0.4, 0.5) is 0 Å². The Morgan fingerprint density at radius 2 is 2.00 bits per heavy atom. The minimum absolute atomic E-state index is 0.218. The second-order valence-electron chi connectivity index (χ2n) is 5.66. The molecule has 2 aliphatic heterocycles. The van der Waals surface area contributed by atoms with Crippen molar-refractivity contribution in [2.45, 2.75) is 36.8 Å². The van der Waals surface area contributed by atoms with Gasteiger partial charge in [0, 0.05) is 37.4 Å². The molecule has 2 aliphatic rings. The summed E-state index contributed by atoms with van der Waals surface area (Å²) in [4.78, 5) is 6.45. The first kappa shape index (κ1) is 14.1. The van der Waals surface area contributed by atoms with Gasteiger partial charge < -0.3 is 0 Å². The molecule has 2 unspecified atom stereocenters. The summed E-state index contributed by atoms with van der Waals surface area (Å²) in [7, 11) is 0. The van der Waals surface area contributed by atoms with E-state index in [4.69, 9.17) is 16.9 Å². The number of nitriles is 2. The molecular formula is C16H15ClN4. The monoisotopic (exact) mass is 298 g/mol. The molecule has 1 aromatic heterocycles. The molecule has 0 amide bonds. The molecular weight excluding hydrogens is 284 g/mol. The third-order valence-electron chi connectivity index (χ3n) is 4.48. The summed E-state index contributed by atoms with van der Waals surface area (Å²) in [6.45, 7) is 0.758. The van der Waals surface area contributed by atoms with E-state index in [2.05, 4.69) is 34.2 Å². The fourth-order valence-electron chi connectivity index (χ4n) is 3.47. The smallest absolute Gasteiger partial charge is 0.0873 e. The Morgan fingerprint density at radius 3 is 2.57 bits per heavy atom. The lowest BCUT2D eigenvalue weighted by molar-refractivity contribution is 0.121. The van der Waals surface area contributed by atoms with E-state index in [0.29, 0.717) is 11.4 Å². The van der Waals surface area contributed by atoms with Gasteiger partial charge in [-0.15, -0.1) is 0 Å². The first-order valence-corrected chi connectivity index (χ1v) is 7.40. The van der Waals surface area contributed by atoms with Gasteiger partial charge in [-0.05, 0) is 24.5 Å². The number of fused-ring (bicyclic) bond motifs is 2. The molecule has 0 aromatic carbocycles. The van der Waals surface area contributed by atoms with Gasteiger partial charge in [0.25, 0.3) is 0 Å². The van der Waals surface area contributed by atoms with Crippen LogP contribution in [0.15, 0.2) is 30.6 Å². The number of hydrogen-bond acceptors (Lipinski definition) is 4. The summed E-state index contributed by atoms with van der Waals surface area (Å²) in [5.41, 5.74) is 0.357. The van der Waals surface area contributed by atoms with Crippen LogP contribution in [0, 0.1) is 22.7 Å². The maximum Gasteiger partial charge on any atom is 0.0873 e. The van der Waals surface area contributed by atoms with E-state index in [9.17, 15) is 5.26 Å². The summed E-state index contributed by atoms with van der Waals surface area (Å²) >= 11 is 6.03. The highest BCUT2D eigenvalue weighted by Crippen LogP contribution is 2.44. The zero-order valence-electron chi connectivity index (χ0n) is 11.5. The molecule has 0 radical (unpaired) electrons. The topological polar surface area (TPSA) is 63.7 Å². The summed E-state index contributed by atoms with van der Waals surface area (Å²) in [5.74, 6) is 0. The number of hydrogen-bond donors (Lipinski definition) is 0. The Balaban J connectivity index is 1.88. The minimum atomic E-state index is -0.542. The number of pyridine rings is 1. The molecule has 0 spiro atoms. The highest BCUT2D eigenvalue weighted by molar-refractivity contribution is 6.30. The quantitative estimate of drug-likeness (QED) is 0.805. The van der Waals surface area contributed by atoms with E-state index in [1.54, 1.807) is 12.4 Å². The van der Waals surface area contributed by atoms with Crippen LogP contribution in [0.3, 0.4) is 0 Å². The van der Waals surface area contributed by atoms with Crippen molar-refractivity contribution in [1.82, 2.24) is 9.88 Å². The molecule has 0 saturated carbocycles. The van der Waals surface area contributed by atoms with Gasteiger partial charge in [0.1, 0.15) is 0 Å². The molecule has 5 heteroatoms. The summed E-state index contributed by atoms with van der Waals surface area (Å²) in [5, 5.41) is 19.1. The highest BCUT2D eigenvalue weighted by Gasteiger charge is 2.47. The number of aromatic nitrogens is 1. The molecule has 2 atom stereocenters. The lowest BCUT2D eigenvalue weighted by atomic mass is 9.71. The molecule has 3 heterocycles. The van der Waals surface area contributed by atoms with E-state index >= 15 is 0 Å². The second-order valence-corrected chi connectivity index (χ2v) is 6.10. The third kappa shape index (κ3) is 2.42. The highest BCUT2D eigenvalue weighted by atomic mass is 35.5. The van der Waals surface area contributed by atoms with Gasteiger partial charge in [-0.3, -0.25) is 9.88 Å². The van der Waals surface area contributed by atoms with Crippen molar-refractivity contribution in [2.24, 2.45) is 0 Å². The van der Waals surface area contributed by atoms with E-state index in [0.717, 1.165) is 24.9 Å². The van der Waals surface area contributed by atoms with Crippen molar-refractivity contribution in [1.29, 1.82) is 10.5 Å². The van der Waals surface area contributed by atoms with Crippen molar-refractivity contribution in [2.75, 3.05) is 6.54 Å². The summed E-state index contributed by atoms with van der Waals surface area (Å²) < 4.78 is 0. The van der Waals surface area contributed by atoms with Crippen molar-refractivity contribution in [3.05, 3.63) is 41.2 Å². The zero-order chi connectivity index (χ0) is 14.9. The maximum atomic E-state index is 9.79. The fraction of sp³-hybridized carbons (Fsp3) is 0.438. The van der Waals surface area contributed by atoms with Gasteiger partial charge in [-0.2, -0.15) is 10.5 Å². The Bertz CT molecular complexity index is 639. The normalized spacial score (nSPS) is 30.8. The van der Waals surface area contributed by atoms with E-state index < -0.39 is 5.41 Å². The predicted molar refractivity (Wildman–Crippen MR) is 79.4 cm³/mol. The van der Waals surface area contributed by atoms with Crippen LogP contribution in [-0.4, -0.2) is 28.5 Å². The Kier molecular flexibility index (Phi) is 3.68. The van der Waals surface area contributed by atoms with Gasteiger partial charge >= 0.3 is 0 Å². The van der Waals surface area contributed by atoms with Crippen LogP contribution in [0.2, 0.25) is 5.02 Å². The van der Waals surface area contributed by atoms with Crippen LogP contribution >= 0.6 is 11.6 Å². The number of rotatable bonds is 3. The zero-order valence-corrected chi connectivity index (χ0v) is 12.3. The van der Waals surface area contributed by atoms with E-state index in [-0.39, 0.29) is 12.1 Å². The summed E-state index contributed by atoms with van der Waals surface area (Å²) in [6, 6.07) is 6.99. The van der Waals surface area contributed by atoms with Gasteiger partial charge in [0.2, 0.25) is 0 Å². The molecule has 0 N–H and O–H groups in total. The molecule has 2 bridgehead atoms. The average molecular weight is 299 g/mol. The Hall–Kier alpha value is -1.88.